The molecule has 6 heteroatoms. The van der Waals surface area contributed by atoms with E-state index in [9.17, 15) is 10.2 Å². The summed E-state index contributed by atoms with van der Waals surface area (Å²) in [4.78, 5) is 11.8. The summed E-state index contributed by atoms with van der Waals surface area (Å²) in [6.07, 6.45) is 1.75. The van der Waals surface area contributed by atoms with Crippen LogP contribution in [-0.4, -0.2) is 33.4 Å². The molecule has 26 heavy (non-hydrogen) atoms. The van der Waals surface area contributed by atoms with Gasteiger partial charge in [-0.05, 0) is 23.7 Å². The molecule has 0 atom stereocenters. The van der Waals surface area contributed by atoms with Gasteiger partial charge in [0, 0.05) is 24.0 Å². The van der Waals surface area contributed by atoms with Crippen LogP contribution < -0.4 is 0 Å². The zero-order valence-corrected chi connectivity index (χ0v) is 19.1. The highest BCUT2D eigenvalue weighted by Crippen LogP contribution is 2.43. The first kappa shape index (κ1) is 21.7. The molecule has 4 nitrogen and oxygen atoms in total. The van der Waals surface area contributed by atoms with Crippen molar-refractivity contribution in [3.05, 3.63) is 10.0 Å². The van der Waals surface area contributed by atoms with Gasteiger partial charge < -0.3 is 10.2 Å². The normalized spacial score (nSPS) is 14.4. The van der Waals surface area contributed by atoms with E-state index in [1.807, 2.05) is 0 Å². The number of nitrogens with zero attached hydrogens (tertiary/aromatic N) is 2. The van der Waals surface area contributed by atoms with Crippen LogP contribution in [0.4, 0.5) is 0 Å². The van der Waals surface area contributed by atoms with Crippen molar-refractivity contribution in [1.82, 2.24) is 9.97 Å². The third-order valence-corrected chi connectivity index (χ3v) is 7.59. The summed E-state index contributed by atoms with van der Waals surface area (Å²) in [7, 11) is 0. The molecule has 0 saturated carbocycles. The van der Waals surface area contributed by atoms with Crippen molar-refractivity contribution in [2.75, 3.05) is 13.2 Å². The topological polar surface area (TPSA) is 66.2 Å². The number of rotatable bonds is 8. The lowest BCUT2D eigenvalue weighted by molar-refractivity contribution is 0.126. The molecule has 2 aromatic rings. The molecular weight excluding hydrogens is 364 g/mol. The molecule has 0 aromatic carbocycles. The van der Waals surface area contributed by atoms with Crippen molar-refractivity contribution < 1.29 is 10.2 Å². The van der Waals surface area contributed by atoms with E-state index in [1.165, 1.54) is 0 Å². The first-order chi connectivity index (χ1) is 11.7. The van der Waals surface area contributed by atoms with Gasteiger partial charge in [0.15, 0.2) is 9.66 Å². The molecule has 0 bridgehead atoms. The Balaban J connectivity index is 2.29. The van der Waals surface area contributed by atoms with Gasteiger partial charge in [0.2, 0.25) is 0 Å². The predicted octanol–water partition coefficient (Wildman–Crippen LogP) is 5.13. The molecule has 2 rings (SSSR count). The Morgan fingerprint density at radius 2 is 0.962 bits per heavy atom. The van der Waals surface area contributed by atoms with E-state index < -0.39 is 0 Å². The smallest absolute Gasteiger partial charge is 0.155 e. The highest BCUT2D eigenvalue weighted by Gasteiger charge is 2.35. The van der Waals surface area contributed by atoms with Crippen LogP contribution in [0.2, 0.25) is 0 Å². The zero-order valence-electron chi connectivity index (χ0n) is 17.4. The highest BCUT2D eigenvalue weighted by molar-refractivity contribution is 7.26. The summed E-state index contributed by atoms with van der Waals surface area (Å²) in [5.74, 6) is 0. The first-order valence-electron chi connectivity index (χ1n) is 9.21. The largest absolute Gasteiger partial charge is 0.396 e. The lowest BCUT2D eigenvalue weighted by Gasteiger charge is -2.32. The van der Waals surface area contributed by atoms with Crippen LogP contribution in [0.15, 0.2) is 0 Å². The zero-order chi connectivity index (χ0) is 20.0. The molecule has 2 heterocycles. The van der Waals surface area contributed by atoms with Gasteiger partial charge in [0.25, 0.3) is 0 Å². The van der Waals surface area contributed by atoms with Crippen LogP contribution in [0, 0.1) is 10.8 Å². The Labute approximate surface area is 165 Å². The Bertz CT molecular complexity index is 666. The molecule has 0 unspecified atom stereocenters. The Morgan fingerprint density at radius 3 is 1.23 bits per heavy atom. The quantitative estimate of drug-likeness (QED) is 0.647. The lowest BCUT2D eigenvalue weighted by atomic mass is 9.76. The first-order valence-corrected chi connectivity index (χ1v) is 10.8. The Morgan fingerprint density at radius 1 is 0.654 bits per heavy atom. The van der Waals surface area contributed by atoms with Crippen molar-refractivity contribution in [3.8, 4) is 0 Å². The van der Waals surface area contributed by atoms with Crippen LogP contribution in [0.1, 0.15) is 78.2 Å². The number of aliphatic hydroxyl groups excluding tert-OH is 2. The molecule has 0 saturated heterocycles. The minimum Gasteiger partial charge on any atom is -0.396 e. The van der Waals surface area contributed by atoms with Crippen molar-refractivity contribution in [2.24, 2.45) is 10.8 Å². The highest BCUT2D eigenvalue weighted by atomic mass is 32.1. The van der Waals surface area contributed by atoms with E-state index in [-0.39, 0.29) is 34.9 Å². The fraction of sp³-hybridized carbons (Fsp3) is 0.800. The van der Waals surface area contributed by atoms with Crippen LogP contribution in [0.5, 0.6) is 0 Å². The second-order valence-electron chi connectivity index (χ2n) is 10.4. The molecule has 0 aliphatic carbocycles. The fourth-order valence-corrected chi connectivity index (χ4v) is 6.12. The maximum absolute atomic E-state index is 9.60. The number of thiazole rings is 2. The summed E-state index contributed by atoms with van der Waals surface area (Å²) >= 11 is 3.35. The monoisotopic (exact) mass is 398 g/mol. The van der Waals surface area contributed by atoms with Gasteiger partial charge in [-0.2, -0.15) is 0 Å². The molecule has 0 amide bonds. The van der Waals surface area contributed by atoms with Crippen molar-refractivity contribution in [1.29, 1.82) is 0 Å². The van der Waals surface area contributed by atoms with Gasteiger partial charge in [-0.15, -0.1) is 0 Å². The number of aromatic nitrogens is 2. The van der Waals surface area contributed by atoms with Crippen LogP contribution in [0.25, 0.3) is 9.66 Å². The third-order valence-electron chi connectivity index (χ3n) is 4.83. The molecule has 148 valence electrons. The number of hydrogen-bond acceptors (Lipinski definition) is 6. The number of fused-ring (bicyclic) bond motifs is 1. The van der Waals surface area contributed by atoms with E-state index >= 15 is 0 Å². The van der Waals surface area contributed by atoms with Gasteiger partial charge in [0.05, 0.1) is 0 Å². The Kier molecular flexibility index (Phi) is 5.95. The Hall–Kier alpha value is -0.560. The third kappa shape index (κ3) is 4.83. The van der Waals surface area contributed by atoms with E-state index in [0.717, 1.165) is 32.5 Å². The maximum atomic E-state index is 9.60. The van der Waals surface area contributed by atoms with Gasteiger partial charge >= 0.3 is 0 Å². The molecular formula is C20H34N2O2S2. The lowest BCUT2D eigenvalue weighted by Crippen LogP contribution is -2.29. The van der Waals surface area contributed by atoms with Crippen molar-refractivity contribution in [2.45, 2.75) is 79.1 Å². The van der Waals surface area contributed by atoms with Crippen LogP contribution >= 0.6 is 22.7 Å². The molecule has 0 aliphatic heterocycles. The molecule has 0 fully saturated rings. The number of hydrogen-bond donors (Lipinski definition) is 2. The minimum absolute atomic E-state index is 0.0914. The number of aliphatic hydroxyl groups is 2. The van der Waals surface area contributed by atoms with Crippen molar-refractivity contribution in [3.63, 3.8) is 0 Å². The fourth-order valence-electron chi connectivity index (χ4n) is 3.88. The van der Waals surface area contributed by atoms with Crippen LogP contribution in [-0.2, 0) is 10.8 Å². The summed E-state index contributed by atoms with van der Waals surface area (Å²) in [5, 5.41) is 21.4. The standard InChI is InChI=1S/C20H34N2O2S2/c1-17(2,11-23)9-19(5,6)15-21-13-14(25-15)22-16(26-13)20(7,8)10-18(3,4)12-24/h23-24H,9-12H2,1-8H3. The summed E-state index contributed by atoms with van der Waals surface area (Å²) in [6.45, 7) is 17.5. The average molecular weight is 399 g/mol. The van der Waals surface area contributed by atoms with E-state index in [2.05, 4.69) is 55.4 Å². The van der Waals surface area contributed by atoms with Gasteiger partial charge in [-0.25, -0.2) is 9.97 Å². The summed E-state index contributed by atoms with van der Waals surface area (Å²) in [5.41, 5.74) is -0.435. The summed E-state index contributed by atoms with van der Waals surface area (Å²) in [6, 6.07) is 0. The average Bonchev–Trinajstić information content (AvgIpc) is 3.04. The van der Waals surface area contributed by atoms with Gasteiger partial charge in [0.1, 0.15) is 10.0 Å². The molecule has 0 radical (unpaired) electrons. The van der Waals surface area contributed by atoms with Gasteiger partial charge in [-0.3, -0.25) is 0 Å². The second-order valence-corrected chi connectivity index (χ2v) is 12.4. The molecule has 0 spiro atoms. The van der Waals surface area contributed by atoms with E-state index in [0.29, 0.717) is 0 Å². The van der Waals surface area contributed by atoms with E-state index in [4.69, 9.17) is 9.97 Å². The summed E-state index contributed by atoms with van der Waals surface area (Å²) < 4.78 is 0. The molecule has 2 aromatic heterocycles. The second kappa shape index (κ2) is 7.12. The minimum atomic E-state index is -0.126. The van der Waals surface area contributed by atoms with Crippen LogP contribution in [0.3, 0.4) is 0 Å². The van der Waals surface area contributed by atoms with Crippen molar-refractivity contribution >= 4 is 32.3 Å². The predicted molar refractivity (Wildman–Crippen MR) is 112 cm³/mol. The molecule has 0 aliphatic rings. The molecule has 2 N–H and O–H groups in total. The SMILES string of the molecule is CC(C)(CO)CC(C)(C)c1nc2sc(C(C)(C)CC(C)(C)CO)nc2s1. The van der Waals surface area contributed by atoms with E-state index in [1.54, 1.807) is 22.7 Å². The maximum Gasteiger partial charge on any atom is 0.155 e. The van der Waals surface area contributed by atoms with Gasteiger partial charge in [-0.1, -0.05) is 78.1 Å².